The predicted molar refractivity (Wildman–Crippen MR) is 125 cm³/mol. The number of hydrogen-bond donors (Lipinski definition) is 2. The van der Waals surface area contributed by atoms with Crippen molar-refractivity contribution < 1.29 is 18.9 Å². The Balaban J connectivity index is 1.88. The highest BCUT2D eigenvalue weighted by Crippen LogP contribution is 2.25. The molecule has 1 heterocycles. The van der Waals surface area contributed by atoms with Crippen LogP contribution in [0.2, 0.25) is 0 Å². The molecule has 3 aromatic rings. The Labute approximate surface area is 190 Å². The Hall–Kier alpha value is -3.36. The number of aromatic nitrogens is 1. The molecule has 1 amide bonds. The molecule has 166 valence electrons. The second-order valence-corrected chi connectivity index (χ2v) is 8.37. The van der Waals surface area contributed by atoms with E-state index in [0.29, 0.717) is 27.4 Å². The fraction of sp³-hybridized carbons (Fsp3) is 0.208. The highest BCUT2D eigenvalue weighted by Gasteiger charge is 2.21. The first-order chi connectivity index (χ1) is 15.4. The number of carbonyl (C=O) groups is 2. The van der Waals surface area contributed by atoms with Crippen LogP contribution in [0.4, 0.5) is 11.4 Å². The largest absolute Gasteiger partial charge is 0.588 e. The van der Waals surface area contributed by atoms with E-state index < -0.39 is 17.3 Å². The number of ether oxygens (including phenoxy) is 1. The van der Waals surface area contributed by atoms with E-state index in [1.54, 1.807) is 37.4 Å². The number of anilines is 2. The second kappa shape index (κ2) is 10.8. The summed E-state index contributed by atoms with van der Waals surface area (Å²) in [6.07, 6.45) is 3.09. The standard InChI is InChI=1S/C24H25N3O4S/c1-4-31-23(28)13-18-7-10-20(26-24(29)21-15-25-12-11-17(21)3)14-22(18)32(30)27-19-8-5-16(2)6-9-19/h5-12,14-15,27H,4,13H2,1-3H3,(H,26,29). The molecule has 1 atom stereocenters. The lowest BCUT2D eigenvalue weighted by atomic mass is 10.1. The van der Waals surface area contributed by atoms with Crippen molar-refractivity contribution in [3.63, 3.8) is 0 Å². The van der Waals surface area contributed by atoms with Crippen LogP contribution in [0, 0.1) is 13.8 Å². The molecule has 32 heavy (non-hydrogen) atoms. The van der Waals surface area contributed by atoms with Gasteiger partial charge in [-0.3, -0.25) is 14.6 Å². The first kappa shape index (κ1) is 23.3. The minimum Gasteiger partial charge on any atom is -0.588 e. The zero-order chi connectivity index (χ0) is 23.1. The van der Waals surface area contributed by atoms with E-state index in [9.17, 15) is 14.1 Å². The van der Waals surface area contributed by atoms with Gasteiger partial charge in [-0.05, 0) is 50.6 Å². The minimum absolute atomic E-state index is 0.0274. The van der Waals surface area contributed by atoms with Crippen molar-refractivity contribution in [3.05, 3.63) is 83.2 Å². The monoisotopic (exact) mass is 451 g/mol. The van der Waals surface area contributed by atoms with Crippen molar-refractivity contribution >= 4 is 34.6 Å². The lowest BCUT2D eigenvalue weighted by Gasteiger charge is -2.16. The Kier molecular flexibility index (Phi) is 7.86. The summed E-state index contributed by atoms with van der Waals surface area (Å²) >= 11 is -1.67. The molecule has 0 bridgehead atoms. The van der Waals surface area contributed by atoms with Gasteiger partial charge < -0.3 is 14.6 Å². The Bertz CT molecular complexity index is 1100. The Morgan fingerprint density at radius 2 is 1.78 bits per heavy atom. The van der Waals surface area contributed by atoms with Crippen LogP contribution in [0.1, 0.15) is 34.0 Å². The molecule has 7 nitrogen and oxygen atoms in total. The molecule has 0 spiro atoms. The minimum atomic E-state index is -1.67. The third kappa shape index (κ3) is 6.09. The molecule has 0 saturated heterocycles. The van der Waals surface area contributed by atoms with Crippen LogP contribution in [0.15, 0.2) is 65.8 Å². The summed E-state index contributed by atoms with van der Waals surface area (Å²) in [5.41, 5.74) is 4.01. The zero-order valence-corrected chi connectivity index (χ0v) is 19.0. The van der Waals surface area contributed by atoms with Crippen LogP contribution < -0.4 is 10.0 Å². The summed E-state index contributed by atoms with van der Waals surface area (Å²) in [5.74, 6) is -0.735. The molecular formula is C24H25N3O4S. The highest BCUT2D eigenvalue weighted by molar-refractivity contribution is 7.92. The first-order valence-electron chi connectivity index (χ1n) is 10.1. The number of nitrogens with one attached hydrogen (secondary N) is 2. The molecular weight excluding hydrogens is 426 g/mol. The Morgan fingerprint density at radius 3 is 2.47 bits per heavy atom. The maximum Gasteiger partial charge on any atom is 0.310 e. The fourth-order valence-electron chi connectivity index (χ4n) is 3.00. The number of carbonyl (C=O) groups excluding carboxylic acids is 2. The number of pyridine rings is 1. The number of rotatable bonds is 8. The average Bonchev–Trinajstić information content (AvgIpc) is 2.76. The van der Waals surface area contributed by atoms with E-state index in [1.807, 2.05) is 38.1 Å². The van der Waals surface area contributed by atoms with Gasteiger partial charge in [-0.1, -0.05) is 23.8 Å². The molecule has 8 heteroatoms. The Morgan fingerprint density at radius 1 is 1.06 bits per heavy atom. The van der Waals surface area contributed by atoms with Gasteiger partial charge in [0, 0.05) is 29.7 Å². The van der Waals surface area contributed by atoms with Gasteiger partial charge >= 0.3 is 5.97 Å². The van der Waals surface area contributed by atoms with Gasteiger partial charge in [-0.25, -0.2) is 4.72 Å². The first-order valence-corrected chi connectivity index (χ1v) is 11.3. The van der Waals surface area contributed by atoms with E-state index in [1.165, 1.54) is 6.20 Å². The van der Waals surface area contributed by atoms with Crippen molar-refractivity contribution in [2.75, 3.05) is 16.6 Å². The molecule has 0 radical (unpaired) electrons. The lowest BCUT2D eigenvalue weighted by molar-refractivity contribution is -0.142. The van der Waals surface area contributed by atoms with Gasteiger partial charge in [0.05, 0.1) is 24.3 Å². The maximum atomic E-state index is 13.1. The fourth-order valence-corrected chi connectivity index (χ4v) is 4.07. The van der Waals surface area contributed by atoms with E-state index in [-0.39, 0.29) is 18.9 Å². The predicted octanol–water partition coefficient (Wildman–Crippen LogP) is 4.19. The van der Waals surface area contributed by atoms with Gasteiger partial charge in [-0.2, -0.15) is 0 Å². The van der Waals surface area contributed by atoms with Gasteiger partial charge in [0.2, 0.25) is 0 Å². The van der Waals surface area contributed by atoms with Crippen molar-refractivity contribution in [2.45, 2.75) is 32.1 Å². The van der Waals surface area contributed by atoms with Crippen molar-refractivity contribution in [1.82, 2.24) is 4.98 Å². The average molecular weight is 452 g/mol. The lowest BCUT2D eigenvalue weighted by Crippen LogP contribution is -2.19. The highest BCUT2D eigenvalue weighted by atomic mass is 32.2. The van der Waals surface area contributed by atoms with Crippen molar-refractivity contribution in [3.8, 4) is 0 Å². The van der Waals surface area contributed by atoms with Crippen LogP contribution in [0.25, 0.3) is 0 Å². The zero-order valence-electron chi connectivity index (χ0n) is 18.2. The number of aryl methyl sites for hydroxylation is 2. The van der Waals surface area contributed by atoms with Crippen LogP contribution in [-0.2, 0) is 27.3 Å². The summed E-state index contributed by atoms with van der Waals surface area (Å²) in [6, 6.07) is 14.2. The van der Waals surface area contributed by atoms with Gasteiger partial charge in [0.25, 0.3) is 5.91 Å². The molecule has 0 aliphatic rings. The molecule has 3 rings (SSSR count). The van der Waals surface area contributed by atoms with Crippen LogP contribution >= 0.6 is 0 Å². The number of benzene rings is 2. The SMILES string of the molecule is CCOC(=O)Cc1ccc(NC(=O)c2cnccc2C)cc1[S+]([O-])Nc1ccc(C)cc1. The number of esters is 1. The van der Waals surface area contributed by atoms with E-state index >= 15 is 0 Å². The molecule has 0 aliphatic carbocycles. The smallest absolute Gasteiger partial charge is 0.310 e. The molecule has 2 aromatic carbocycles. The molecule has 1 unspecified atom stereocenters. The summed E-state index contributed by atoms with van der Waals surface area (Å²) in [6.45, 7) is 5.78. The normalized spacial score (nSPS) is 11.5. The van der Waals surface area contributed by atoms with Gasteiger partial charge in [0.15, 0.2) is 4.90 Å². The molecule has 0 saturated carbocycles. The van der Waals surface area contributed by atoms with Crippen LogP contribution in [-0.4, -0.2) is 28.0 Å². The third-order valence-electron chi connectivity index (χ3n) is 4.71. The van der Waals surface area contributed by atoms with Gasteiger partial charge in [-0.15, -0.1) is 0 Å². The molecule has 1 aromatic heterocycles. The quantitative estimate of drug-likeness (QED) is 0.393. The van der Waals surface area contributed by atoms with Crippen molar-refractivity contribution in [2.24, 2.45) is 0 Å². The van der Waals surface area contributed by atoms with Crippen LogP contribution in [0.5, 0.6) is 0 Å². The second-order valence-electron chi connectivity index (χ2n) is 7.19. The number of amides is 1. The van der Waals surface area contributed by atoms with Crippen LogP contribution in [0.3, 0.4) is 0 Å². The molecule has 2 N–H and O–H groups in total. The number of nitrogens with zero attached hydrogens (tertiary/aromatic N) is 1. The maximum absolute atomic E-state index is 13.1. The van der Waals surface area contributed by atoms with E-state index in [2.05, 4.69) is 15.0 Å². The third-order valence-corrected chi connectivity index (χ3v) is 5.91. The number of hydrogen-bond acceptors (Lipinski definition) is 6. The summed E-state index contributed by atoms with van der Waals surface area (Å²) < 4.78 is 21.1. The van der Waals surface area contributed by atoms with E-state index in [0.717, 1.165) is 11.1 Å². The van der Waals surface area contributed by atoms with Gasteiger partial charge in [0.1, 0.15) is 11.4 Å². The molecule has 0 fully saturated rings. The molecule has 0 aliphatic heterocycles. The topological polar surface area (TPSA) is 103 Å². The summed E-state index contributed by atoms with van der Waals surface area (Å²) in [4.78, 5) is 29.1. The van der Waals surface area contributed by atoms with Crippen molar-refractivity contribution in [1.29, 1.82) is 0 Å². The summed E-state index contributed by atoms with van der Waals surface area (Å²) in [7, 11) is 0. The summed E-state index contributed by atoms with van der Waals surface area (Å²) in [5, 5.41) is 2.81. The van der Waals surface area contributed by atoms with E-state index in [4.69, 9.17) is 4.74 Å².